The van der Waals surface area contributed by atoms with Crippen molar-refractivity contribution in [2.75, 3.05) is 49.2 Å². The fourth-order valence-electron chi connectivity index (χ4n) is 5.05. The topological polar surface area (TPSA) is 107 Å². The summed E-state index contributed by atoms with van der Waals surface area (Å²) in [6, 6.07) is 7.98. The maximum Gasteiger partial charge on any atom is 0.229 e. The van der Waals surface area contributed by atoms with Crippen molar-refractivity contribution in [2.45, 2.75) is 58.7 Å². The van der Waals surface area contributed by atoms with Gasteiger partial charge in [-0.15, -0.1) is 0 Å². The molecule has 3 rings (SSSR count). The first kappa shape index (κ1) is 28.0. The van der Waals surface area contributed by atoms with E-state index in [9.17, 15) is 13.5 Å². The van der Waals surface area contributed by atoms with Crippen molar-refractivity contribution in [3.63, 3.8) is 0 Å². The summed E-state index contributed by atoms with van der Waals surface area (Å²) in [6.07, 6.45) is 5.93. The second-order valence-corrected chi connectivity index (χ2v) is 11.3. The van der Waals surface area contributed by atoms with Crippen molar-refractivity contribution in [3.05, 3.63) is 41.6 Å². The van der Waals surface area contributed by atoms with Crippen molar-refractivity contribution in [1.29, 1.82) is 0 Å². The van der Waals surface area contributed by atoms with Gasteiger partial charge in [0, 0.05) is 49.9 Å². The second-order valence-electron chi connectivity index (χ2n) is 9.51. The van der Waals surface area contributed by atoms with Crippen LogP contribution in [0.15, 0.2) is 30.5 Å². The third-order valence-corrected chi connectivity index (χ3v) is 7.44. The Kier molecular flexibility index (Phi) is 9.81. The number of hydrogen-bond acceptors (Lipinski definition) is 8. The van der Waals surface area contributed by atoms with Gasteiger partial charge in [0.15, 0.2) is 0 Å². The van der Waals surface area contributed by atoms with E-state index in [0.29, 0.717) is 30.1 Å². The average Bonchev–Trinajstić information content (AvgIpc) is 2.83. The van der Waals surface area contributed by atoms with Gasteiger partial charge in [-0.25, -0.2) is 13.4 Å². The number of sulfonamides is 1. The third kappa shape index (κ3) is 7.47. The molecule has 36 heavy (non-hydrogen) atoms. The minimum atomic E-state index is -3.33. The van der Waals surface area contributed by atoms with Crippen LogP contribution < -0.4 is 19.7 Å². The molecule has 2 atom stereocenters. The zero-order chi connectivity index (χ0) is 26.3. The number of piperazine rings is 1. The zero-order valence-electron chi connectivity index (χ0n) is 22.1. The number of rotatable bonds is 12. The Morgan fingerprint density at radius 1 is 1.25 bits per heavy atom. The number of anilines is 2. The van der Waals surface area contributed by atoms with E-state index in [1.54, 1.807) is 25.4 Å². The van der Waals surface area contributed by atoms with Gasteiger partial charge in [0.25, 0.3) is 0 Å². The van der Waals surface area contributed by atoms with Gasteiger partial charge in [0.1, 0.15) is 17.3 Å². The number of pyridine rings is 1. The molecule has 0 amide bonds. The van der Waals surface area contributed by atoms with E-state index in [2.05, 4.69) is 38.7 Å². The van der Waals surface area contributed by atoms with E-state index < -0.39 is 10.0 Å². The molecule has 1 aromatic carbocycles. The first-order chi connectivity index (χ1) is 17.1. The van der Waals surface area contributed by atoms with Crippen LogP contribution >= 0.6 is 0 Å². The van der Waals surface area contributed by atoms with Gasteiger partial charge in [-0.2, -0.15) is 0 Å². The maximum atomic E-state index is 11.5. The molecule has 1 aliphatic rings. The average molecular weight is 520 g/mol. The van der Waals surface area contributed by atoms with Gasteiger partial charge in [0.2, 0.25) is 10.0 Å². The Morgan fingerprint density at radius 2 is 2.03 bits per heavy atom. The quantitative estimate of drug-likeness (QED) is 0.367. The standard InChI is InChI=1S/C26H41N5O4S/c1-6-22(10-11-27-16-20-8-9-24(32)15-25(20)35-4)31-13-12-30(18-23(31)7-2)26-19(3)14-21(17-28-26)29-36(5,33)34/h8-9,14-15,17,22-23,27,29,32H,6-7,10-13,16,18H2,1-5H3. The monoisotopic (exact) mass is 519 g/mol. The number of ether oxygens (including phenoxy) is 1. The van der Waals surface area contributed by atoms with Gasteiger partial charge in [0.05, 0.1) is 25.2 Å². The number of aromatic hydroxyl groups is 1. The number of nitrogens with one attached hydrogen (secondary N) is 2. The van der Waals surface area contributed by atoms with Gasteiger partial charge in [-0.3, -0.25) is 9.62 Å². The molecule has 3 N–H and O–H groups in total. The molecular weight excluding hydrogens is 478 g/mol. The van der Waals surface area contributed by atoms with Crippen LogP contribution in [0.25, 0.3) is 0 Å². The van der Waals surface area contributed by atoms with Crippen LogP contribution in [0.2, 0.25) is 0 Å². The Balaban J connectivity index is 1.57. The van der Waals surface area contributed by atoms with Gasteiger partial charge >= 0.3 is 0 Å². The molecule has 0 radical (unpaired) electrons. The summed E-state index contributed by atoms with van der Waals surface area (Å²) in [5.41, 5.74) is 2.49. The van der Waals surface area contributed by atoms with E-state index in [4.69, 9.17) is 4.74 Å². The van der Waals surface area contributed by atoms with Crippen molar-refractivity contribution >= 4 is 21.5 Å². The van der Waals surface area contributed by atoms with Crippen LogP contribution in [0.1, 0.15) is 44.2 Å². The largest absolute Gasteiger partial charge is 0.508 e. The lowest BCUT2D eigenvalue weighted by molar-refractivity contribution is 0.105. The van der Waals surface area contributed by atoms with Crippen LogP contribution in [0.5, 0.6) is 11.5 Å². The lowest BCUT2D eigenvalue weighted by Crippen LogP contribution is -2.57. The number of nitrogens with zero attached hydrogens (tertiary/aromatic N) is 3. The van der Waals surface area contributed by atoms with Crippen LogP contribution in [-0.2, 0) is 16.6 Å². The van der Waals surface area contributed by atoms with E-state index >= 15 is 0 Å². The Labute approximate surface area is 215 Å². The molecule has 1 aromatic heterocycles. The SMILES string of the molecule is CCC(CCNCc1ccc(O)cc1OC)N1CCN(c2ncc(NS(C)(=O)=O)cc2C)CC1CC. The predicted molar refractivity (Wildman–Crippen MR) is 145 cm³/mol. The molecule has 10 heteroatoms. The molecule has 2 unspecified atom stereocenters. The number of aromatic nitrogens is 1. The fraction of sp³-hybridized carbons (Fsp3) is 0.577. The highest BCUT2D eigenvalue weighted by atomic mass is 32.2. The number of benzene rings is 1. The highest BCUT2D eigenvalue weighted by Gasteiger charge is 2.31. The molecule has 2 aromatic rings. The van der Waals surface area contributed by atoms with Gasteiger partial charge in [-0.1, -0.05) is 19.9 Å². The first-order valence-electron chi connectivity index (χ1n) is 12.7. The molecule has 1 saturated heterocycles. The predicted octanol–water partition coefficient (Wildman–Crippen LogP) is 3.33. The summed E-state index contributed by atoms with van der Waals surface area (Å²) in [4.78, 5) is 9.57. The lowest BCUT2D eigenvalue weighted by Gasteiger charge is -2.45. The first-order valence-corrected chi connectivity index (χ1v) is 14.6. The lowest BCUT2D eigenvalue weighted by atomic mass is 10.0. The summed E-state index contributed by atoms with van der Waals surface area (Å²) >= 11 is 0. The van der Waals surface area contributed by atoms with E-state index in [1.165, 1.54) is 0 Å². The second kappa shape index (κ2) is 12.6. The van der Waals surface area contributed by atoms with Crippen molar-refractivity contribution in [3.8, 4) is 11.5 Å². The number of methoxy groups -OCH3 is 1. The maximum absolute atomic E-state index is 11.5. The molecule has 9 nitrogen and oxygen atoms in total. The molecular formula is C26H41N5O4S. The van der Waals surface area contributed by atoms with Crippen molar-refractivity contribution < 1.29 is 18.3 Å². The molecule has 0 spiro atoms. The summed E-state index contributed by atoms with van der Waals surface area (Å²) in [5, 5.41) is 13.2. The molecule has 1 fully saturated rings. The van der Waals surface area contributed by atoms with E-state index in [1.807, 2.05) is 19.1 Å². The molecule has 0 aliphatic carbocycles. The van der Waals surface area contributed by atoms with Crippen LogP contribution in [0, 0.1) is 6.92 Å². The van der Waals surface area contributed by atoms with Crippen LogP contribution in [-0.4, -0.2) is 75.0 Å². The highest BCUT2D eigenvalue weighted by molar-refractivity contribution is 7.92. The zero-order valence-corrected chi connectivity index (χ0v) is 22.9. The minimum absolute atomic E-state index is 0.207. The summed E-state index contributed by atoms with van der Waals surface area (Å²) < 4.78 is 31.0. The Bertz CT molecular complexity index is 1110. The molecule has 0 saturated carbocycles. The third-order valence-electron chi connectivity index (χ3n) is 6.83. The smallest absolute Gasteiger partial charge is 0.229 e. The summed E-state index contributed by atoms with van der Waals surface area (Å²) in [5.74, 6) is 1.82. The summed E-state index contributed by atoms with van der Waals surface area (Å²) in [6.45, 7) is 10.8. The Morgan fingerprint density at radius 3 is 2.67 bits per heavy atom. The normalized spacial score (nSPS) is 17.7. The molecule has 1 aliphatic heterocycles. The number of phenolic OH excluding ortho intramolecular Hbond substituents is 1. The highest BCUT2D eigenvalue weighted by Crippen LogP contribution is 2.27. The van der Waals surface area contributed by atoms with Crippen molar-refractivity contribution in [1.82, 2.24) is 15.2 Å². The number of aryl methyl sites for hydroxylation is 1. The minimum Gasteiger partial charge on any atom is -0.508 e. The molecule has 2 heterocycles. The fourth-order valence-corrected chi connectivity index (χ4v) is 5.59. The molecule has 0 bridgehead atoms. The van der Waals surface area contributed by atoms with E-state index in [-0.39, 0.29) is 5.75 Å². The van der Waals surface area contributed by atoms with E-state index in [0.717, 1.165) is 68.6 Å². The van der Waals surface area contributed by atoms with Crippen LogP contribution in [0.4, 0.5) is 11.5 Å². The summed E-state index contributed by atoms with van der Waals surface area (Å²) in [7, 11) is -1.71. The number of phenols is 1. The molecule has 200 valence electrons. The van der Waals surface area contributed by atoms with Crippen molar-refractivity contribution in [2.24, 2.45) is 0 Å². The Hall–Kier alpha value is -2.56. The van der Waals surface area contributed by atoms with Gasteiger partial charge < -0.3 is 20.1 Å². The van der Waals surface area contributed by atoms with Crippen LogP contribution in [0.3, 0.4) is 0 Å². The van der Waals surface area contributed by atoms with Gasteiger partial charge in [-0.05, 0) is 50.4 Å². The number of hydrogen-bond donors (Lipinski definition) is 3.